The highest BCUT2D eigenvalue weighted by molar-refractivity contribution is 5.81. The Bertz CT molecular complexity index is 397. The van der Waals surface area contributed by atoms with Crippen molar-refractivity contribution in [3.05, 3.63) is 35.9 Å². The summed E-state index contributed by atoms with van der Waals surface area (Å²) < 4.78 is 13.9. The summed E-state index contributed by atoms with van der Waals surface area (Å²) in [5.41, 5.74) is 6.19. The molecule has 3 unspecified atom stereocenters. The zero-order valence-corrected chi connectivity index (χ0v) is 12.0. The second-order valence-corrected chi connectivity index (χ2v) is 5.17. The number of unbranched alkanes of at least 4 members (excludes halogenated alkanes) is 1. The second kappa shape index (κ2) is 8.69. The van der Waals surface area contributed by atoms with E-state index in [4.69, 9.17) is 5.73 Å². The summed E-state index contributed by atoms with van der Waals surface area (Å²) in [5.74, 6) is -0.945. The molecule has 20 heavy (non-hydrogen) atoms. The fourth-order valence-electron chi connectivity index (χ4n) is 2.27. The predicted octanol–water partition coefficient (Wildman–Crippen LogP) is 2.92. The SMILES string of the molecule is CCCCC(O)C(F)CCC(C(N)=O)c1ccccc1. The molecule has 0 spiro atoms. The van der Waals surface area contributed by atoms with Crippen LogP contribution in [0.4, 0.5) is 4.39 Å². The van der Waals surface area contributed by atoms with Crippen LogP contribution in [0.1, 0.15) is 50.5 Å². The van der Waals surface area contributed by atoms with Gasteiger partial charge in [0.15, 0.2) is 0 Å². The van der Waals surface area contributed by atoms with E-state index < -0.39 is 24.1 Å². The summed E-state index contributed by atoms with van der Waals surface area (Å²) in [5, 5.41) is 9.68. The van der Waals surface area contributed by atoms with E-state index in [1.807, 2.05) is 37.3 Å². The molecule has 3 nitrogen and oxygen atoms in total. The predicted molar refractivity (Wildman–Crippen MR) is 78.0 cm³/mol. The van der Waals surface area contributed by atoms with Crippen molar-refractivity contribution in [1.82, 2.24) is 0 Å². The van der Waals surface area contributed by atoms with Gasteiger partial charge in [0.1, 0.15) is 6.17 Å². The van der Waals surface area contributed by atoms with Gasteiger partial charge in [-0.15, -0.1) is 0 Å². The molecule has 112 valence electrons. The highest BCUT2D eigenvalue weighted by Gasteiger charge is 2.23. The van der Waals surface area contributed by atoms with Gasteiger partial charge in [-0.3, -0.25) is 4.79 Å². The minimum atomic E-state index is -1.30. The van der Waals surface area contributed by atoms with Crippen LogP contribution in [0.2, 0.25) is 0 Å². The van der Waals surface area contributed by atoms with Gasteiger partial charge in [0.05, 0.1) is 12.0 Å². The zero-order chi connectivity index (χ0) is 15.0. The Hall–Kier alpha value is -1.42. The first kappa shape index (κ1) is 16.6. The largest absolute Gasteiger partial charge is 0.390 e. The van der Waals surface area contributed by atoms with Gasteiger partial charge >= 0.3 is 0 Å². The molecule has 0 saturated heterocycles. The summed E-state index contributed by atoms with van der Waals surface area (Å²) in [7, 11) is 0. The lowest BCUT2D eigenvalue weighted by atomic mass is 9.91. The second-order valence-electron chi connectivity index (χ2n) is 5.17. The average Bonchev–Trinajstić information content (AvgIpc) is 2.45. The molecule has 0 radical (unpaired) electrons. The number of nitrogens with two attached hydrogens (primary N) is 1. The maximum Gasteiger partial charge on any atom is 0.224 e. The van der Waals surface area contributed by atoms with Crippen molar-refractivity contribution >= 4 is 5.91 Å². The first-order valence-electron chi connectivity index (χ1n) is 7.22. The van der Waals surface area contributed by atoms with Crippen molar-refractivity contribution in [2.45, 2.75) is 57.2 Å². The van der Waals surface area contributed by atoms with E-state index in [0.717, 1.165) is 18.4 Å². The summed E-state index contributed by atoms with van der Waals surface area (Å²) in [6, 6.07) is 9.14. The Balaban J connectivity index is 2.54. The number of hydrogen-bond acceptors (Lipinski definition) is 2. The Labute approximate surface area is 120 Å². The third-order valence-electron chi connectivity index (χ3n) is 3.55. The van der Waals surface area contributed by atoms with Gasteiger partial charge in [-0.1, -0.05) is 50.1 Å². The number of aliphatic hydroxyl groups is 1. The standard InChI is InChI=1S/C16H24FNO2/c1-2-3-9-15(19)14(17)11-10-13(16(18)20)12-7-5-4-6-8-12/h4-8,13-15,19H,2-3,9-11H2,1H3,(H2,18,20). The number of primary amides is 1. The van der Waals surface area contributed by atoms with E-state index in [0.29, 0.717) is 12.8 Å². The van der Waals surface area contributed by atoms with Crippen molar-refractivity contribution in [3.8, 4) is 0 Å². The fraction of sp³-hybridized carbons (Fsp3) is 0.562. The van der Waals surface area contributed by atoms with Crippen LogP contribution in [0, 0.1) is 0 Å². The van der Waals surface area contributed by atoms with Crippen LogP contribution in [0.3, 0.4) is 0 Å². The minimum Gasteiger partial charge on any atom is -0.390 e. The highest BCUT2D eigenvalue weighted by atomic mass is 19.1. The molecule has 0 fully saturated rings. The van der Waals surface area contributed by atoms with Gasteiger partial charge in [0.2, 0.25) is 5.91 Å². The van der Waals surface area contributed by atoms with Gasteiger partial charge in [-0.25, -0.2) is 4.39 Å². The first-order valence-corrected chi connectivity index (χ1v) is 7.22. The van der Waals surface area contributed by atoms with Gasteiger partial charge in [0.25, 0.3) is 0 Å². The Morgan fingerprint density at radius 2 is 1.90 bits per heavy atom. The van der Waals surface area contributed by atoms with E-state index in [-0.39, 0.29) is 6.42 Å². The molecule has 3 N–H and O–H groups in total. The average molecular weight is 281 g/mol. The van der Waals surface area contributed by atoms with Crippen molar-refractivity contribution in [3.63, 3.8) is 0 Å². The quantitative estimate of drug-likeness (QED) is 0.731. The summed E-state index contributed by atoms with van der Waals surface area (Å²) >= 11 is 0. The molecule has 0 saturated carbocycles. The van der Waals surface area contributed by atoms with Gasteiger partial charge < -0.3 is 10.8 Å². The molecule has 1 amide bonds. The molecule has 1 rings (SSSR count). The number of rotatable bonds is 9. The van der Waals surface area contributed by atoms with Crippen LogP contribution in [0.15, 0.2) is 30.3 Å². The summed E-state index contributed by atoms with van der Waals surface area (Å²) in [6.07, 6.45) is 0.421. The summed E-state index contributed by atoms with van der Waals surface area (Å²) in [4.78, 5) is 11.5. The molecule has 3 atom stereocenters. The monoisotopic (exact) mass is 281 g/mol. The van der Waals surface area contributed by atoms with E-state index in [1.54, 1.807) is 0 Å². The molecule has 0 aliphatic carbocycles. The lowest BCUT2D eigenvalue weighted by Crippen LogP contribution is -2.26. The normalized spacial score (nSPS) is 15.6. The number of aliphatic hydroxyl groups excluding tert-OH is 1. The van der Waals surface area contributed by atoms with Gasteiger partial charge in [-0.05, 0) is 24.8 Å². The zero-order valence-electron chi connectivity index (χ0n) is 12.0. The third-order valence-corrected chi connectivity index (χ3v) is 3.55. The number of hydrogen-bond donors (Lipinski definition) is 2. The number of carbonyl (C=O) groups excluding carboxylic acids is 1. The summed E-state index contributed by atoms with van der Waals surface area (Å²) in [6.45, 7) is 2.00. The number of alkyl halides is 1. The van der Waals surface area contributed by atoms with E-state index >= 15 is 0 Å². The molecule has 1 aromatic carbocycles. The van der Waals surface area contributed by atoms with Crippen LogP contribution in [0.25, 0.3) is 0 Å². The maximum absolute atomic E-state index is 13.9. The molecule has 0 aliphatic rings. The molecule has 4 heteroatoms. The van der Waals surface area contributed by atoms with Crippen LogP contribution in [-0.2, 0) is 4.79 Å². The number of benzene rings is 1. The number of carbonyl (C=O) groups is 1. The minimum absolute atomic E-state index is 0.146. The number of amides is 1. The molecular weight excluding hydrogens is 257 g/mol. The highest BCUT2D eigenvalue weighted by Crippen LogP contribution is 2.24. The molecule has 1 aromatic rings. The van der Waals surface area contributed by atoms with Gasteiger partial charge in [-0.2, -0.15) is 0 Å². The third kappa shape index (κ3) is 5.29. The smallest absolute Gasteiger partial charge is 0.224 e. The van der Waals surface area contributed by atoms with Crippen molar-refractivity contribution in [1.29, 1.82) is 0 Å². The molecule has 0 bridgehead atoms. The maximum atomic E-state index is 13.9. The fourth-order valence-corrected chi connectivity index (χ4v) is 2.27. The Morgan fingerprint density at radius 1 is 1.25 bits per heavy atom. The van der Waals surface area contributed by atoms with E-state index in [1.165, 1.54) is 0 Å². The lowest BCUT2D eigenvalue weighted by molar-refractivity contribution is -0.119. The van der Waals surface area contributed by atoms with E-state index in [2.05, 4.69) is 0 Å². The first-order chi connectivity index (χ1) is 9.56. The number of halogens is 1. The Kier molecular flexibility index (Phi) is 7.23. The molecule has 0 heterocycles. The molecule has 0 aromatic heterocycles. The van der Waals surface area contributed by atoms with Crippen LogP contribution in [-0.4, -0.2) is 23.3 Å². The van der Waals surface area contributed by atoms with Crippen LogP contribution < -0.4 is 5.73 Å². The van der Waals surface area contributed by atoms with Crippen molar-refractivity contribution in [2.75, 3.05) is 0 Å². The van der Waals surface area contributed by atoms with Gasteiger partial charge in [0, 0.05) is 0 Å². The topological polar surface area (TPSA) is 63.3 Å². The van der Waals surface area contributed by atoms with Crippen LogP contribution >= 0.6 is 0 Å². The van der Waals surface area contributed by atoms with E-state index in [9.17, 15) is 14.3 Å². The van der Waals surface area contributed by atoms with Crippen LogP contribution in [0.5, 0.6) is 0 Å². The molecular formula is C16H24FNO2. The Morgan fingerprint density at radius 3 is 2.45 bits per heavy atom. The van der Waals surface area contributed by atoms with Crippen molar-refractivity contribution < 1.29 is 14.3 Å². The van der Waals surface area contributed by atoms with Crippen molar-refractivity contribution in [2.24, 2.45) is 5.73 Å². The lowest BCUT2D eigenvalue weighted by Gasteiger charge is -2.18. The molecule has 0 aliphatic heterocycles.